The van der Waals surface area contributed by atoms with Gasteiger partial charge >= 0.3 is 5.97 Å². The van der Waals surface area contributed by atoms with E-state index in [9.17, 15) is 4.79 Å². The van der Waals surface area contributed by atoms with E-state index in [2.05, 4.69) is 6.92 Å². The largest absolute Gasteiger partial charge is 0.490 e. The summed E-state index contributed by atoms with van der Waals surface area (Å²) in [7, 11) is 0. The van der Waals surface area contributed by atoms with Gasteiger partial charge < -0.3 is 18.9 Å². The molecule has 3 rings (SSSR count). The van der Waals surface area contributed by atoms with Crippen LogP contribution in [0.2, 0.25) is 0 Å². The highest BCUT2D eigenvalue weighted by Gasteiger charge is 2.07. The SMILES string of the molecule is CCCCOc1ccc(/C=C/C(=O)Oc2ccc(OCc3ccccc3)cc2)cc1OCC. The maximum absolute atomic E-state index is 12.2. The molecule has 172 valence electrons. The summed E-state index contributed by atoms with van der Waals surface area (Å²) < 4.78 is 22.6. The summed E-state index contributed by atoms with van der Waals surface area (Å²) in [5, 5.41) is 0. The lowest BCUT2D eigenvalue weighted by Gasteiger charge is -2.12. The predicted molar refractivity (Wildman–Crippen MR) is 130 cm³/mol. The van der Waals surface area contributed by atoms with Gasteiger partial charge in [0.05, 0.1) is 13.2 Å². The van der Waals surface area contributed by atoms with Gasteiger partial charge in [0.25, 0.3) is 0 Å². The quantitative estimate of drug-likeness (QED) is 0.138. The molecule has 0 radical (unpaired) electrons. The first-order chi connectivity index (χ1) is 16.2. The first-order valence-electron chi connectivity index (χ1n) is 11.2. The number of benzene rings is 3. The molecule has 0 spiro atoms. The Hall–Kier alpha value is -3.73. The Morgan fingerprint density at radius 2 is 1.58 bits per heavy atom. The Morgan fingerprint density at radius 3 is 2.30 bits per heavy atom. The summed E-state index contributed by atoms with van der Waals surface area (Å²) >= 11 is 0. The summed E-state index contributed by atoms with van der Waals surface area (Å²) in [4.78, 5) is 12.2. The maximum Gasteiger partial charge on any atom is 0.336 e. The molecular formula is C28H30O5. The fourth-order valence-electron chi connectivity index (χ4n) is 3.00. The summed E-state index contributed by atoms with van der Waals surface area (Å²) in [6, 6.07) is 22.5. The molecule has 0 aliphatic carbocycles. The number of ether oxygens (including phenoxy) is 4. The van der Waals surface area contributed by atoms with Crippen LogP contribution in [0.15, 0.2) is 78.9 Å². The van der Waals surface area contributed by atoms with Crippen LogP contribution >= 0.6 is 0 Å². The zero-order valence-corrected chi connectivity index (χ0v) is 19.2. The Balaban J connectivity index is 1.54. The average molecular weight is 447 g/mol. The van der Waals surface area contributed by atoms with E-state index >= 15 is 0 Å². The van der Waals surface area contributed by atoms with Crippen LogP contribution in [-0.4, -0.2) is 19.2 Å². The van der Waals surface area contributed by atoms with Gasteiger partial charge in [-0.3, -0.25) is 0 Å². The van der Waals surface area contributed by atoms with Crippen molar-refractivity contribution >= 4 is 12.0 Å². The Bertz CT molecular complexity index is 1030. The first-order valence-corrected chi connectivity index (χ1v) is 11.2. The van der Waals surface area contributed by atoms with Gasteiger partial charge in [-0.1, -0.05) is 49.7 Å². The number of hydrogen-bond acceptors (Lipinski definition) is 5. The summed E-state index contributed by atoms with van der Waals surface area (Å²) in [6.07, 6.45) is 5.13. The van der Waals surface area contributed by atoms with E-state index in [1.807, 2.05) is 55.5 Å². The van der Waals surface area contributed by atoms with Gasteiger partial charge in [-0.15, -0.1) is 0 Å². The van der Waals surface area contributed by atoms with Crippen LogP contribution in [0.25, 0.3) is 6.08 Å². The predicted octanol–water partition coefficient (Wildman–Crippen LogP) is 6.46. The van der Waals surface area contributed by atoms with Crippen LogP contribution in [0.4, 0.5) is 0 Å². The van der Waals surface area contributed by atoms with Crippen molar-refractivity contribution < 1.29 is 23.7 Å². The van der Waals surface area contributed by atoms with Crippen LogP contribution in [0.3, 0.4) is 0 Å². The molecule has 5 nitrogen and oxygen atoms in total. The molecular weight excluding hydrogens is 416 g/mol. The number of carbonyl (C=O) groups is 1. The molecule has 0 heterocycles. The topological polar surface area (TPSA) is 54.0 Å². The molecule has 0 unspecified atom stereocenters. The Kier molecular flexibility index (Phi) is 9.40. The smallest absolute Gasteiger partial charge is 0.336 e. The third-order valence-corrected chi connectivity index (χ3v) is 4.73. The molecule has 0 saturated heterocycles. The minimum atomic E-state index is -0.464. The number of hydrogen-bond donors (Lipinski definition) is 0. The van der Waals surface area contributed by atoms with Crippen LogP contribution in [-0.2, 0) is 11.4 Å². The van der Waals surface area contributed by atoms with E-state index in [0.29, 0.717) is 42.8 Å². The fourth-order valence-corrected chi connectivity index (χ4v) is 3.00. The summed E-state index contributed by atoms with van der Waals surface area (Å²) in [5.74, 6) is 2.06. The molecule has 0 N–H and O–H groups in total. The van der Waals surface area contributed by atoms with Gasteiger partial charge in [0, 0.05) is 6.08 Å². The van der Waals surface area contributed by atoms with Crippen molar-refractivity contribution in [1.29, 1.82) is 0 Å². The molecule has 0 bridgehead atoms. The van der Waals surface area contributed by atoms with Gasteiger partial charge in [-0.05, 0) is 66.9 Å². The van der Waals surface area contributed by atoms with Crippen molar-refractivity contribution in [3.63, 3.8) is 0 Å². The van der Waals surface area contributed by atoms with E-state index in [0.717, 1.165) is 24.0 Å². The first kappa shape index (κ1) is 23.9. The van der Waals surface area contributed by atoms with Gasteiger partial charge in [-0.25, -0.2) is 4.79 Å². The third kappa shape index (κ3) is 8.04. The van der Waals surface area contributed by atoms with Gasteiger partial charge in [0.1, 0.15) is 18.1 Å². The minimum absolute atomic E-state index is 0.450. The van der Waals surface area contributed by atoms with Crippen molar-refractivity contribution in [3.05, 3.63) is 90.0 Å². The fraction of sp³-hybridized carbons (Fsp3) is 0.250. The number of rotatable bonds is 12. The Labute approximate surface area is 195 Å². The highest BCUT2D eigenvalue weighted by molar-refractivity contribution is 5.88. The zero-order valence-electron chi connectivity index (χ0n) is 19.2. The van der Waals surface area contributed by atoms with Crippen LogP contribution in [0.5, 0.6) is 23.0 Å². The molecule has 0 atom stereocenters. The Morgan fingerprint density at radius 1 is 0.818 bits per heavy atom. The third-order valence-electron chi connectivity index (χ3n) is 4.73. The number of esters is 1. The zero-order chi connectivity index (χ0) is 23.3. The van der Waals surface area contributed by atoms with Crippen molar-refractivity contribution in [2.24, 2.45) is 0 Å². The summed E-state index contributed by atoms with van der Waals surface area (Å²) in [5.41, 5.74) is 1.91. The monoisotopic (exact) mass is 446 g/mol. The normalized spacial score (nSPS) is 10.7. The van der Waals surface area contributed by atoms with Crippen LogP contribution < -0.4 is 18.9 Å². The van der Waals surface area contributed by atoms with Crippen molar-refractivity contribution in [2.45, 2.75) is 33.3 Å². The second-order valence-corrected chi connectivity index (χ2v) is 7.34. The van der Waals surface area contributed by atoms with Gasteiger partial charge in [-0.2, -0.15) is 0 Å². The van der Waals surface area contributed by atoms with Crippen molar-refractivity contribution in [3.8, 4) is 23.0 Å². The van der Waals surface area contributed by atoms with Crippen molar-refractivity contribution in [1.82, 2.24) is 0 Å². The highest BCUT2D eigenvalue weighted by atomic mass is 16.5. The second kappa shape index (κ2) is 13.0. The van der Waals surface area contributed by atoms with E-state index in [1.165, 1.54) is 6.08 Å². The molecule has 33 heavy (non-hydrogen) atoms. The van der Waals surface area contributed by atoms with E-state index < -0.39 is 5.97 Å². The number of carbonyl (C=O) groups excluding carboxylic acids is 1. The maximum atomic E-state index is 12.2. The van der Waals surface area contributed by atoms with E-state index in [-0.39, 0.29) is 0 Å². The molecule has 0 aliphatic heterocycles. The highest BCUT2D eigenvalue weighted by Crippen LogP contribution is 2.29. The minimum Gasteiger partial charge on any atom is -0.490 e. The van der Waals surface area contributed by atoms with Crippen LogP contribution in [0, 0.1) is 0 Å². The van der Waals surface area contributed by atoms with E-state index in [4.69, 9.17) is 18.9 Å². The standard InChI is InChI=1S/C28H30O5/c1-3-5-19-31-26-17-11-22(20-27(26)30-4-2)12-18-28(29)33-25-15-13-24(14-16-25)32-21-23-9-7-6-8-10-23/h6-18,20H,3-5,19,21H2,1-2H3/b18-12+. The lowest BCUT2D eigenvalue weighted by molar-refractivity contribution is -0.128. The molecule has 0 amide bonds. The lowest BCUT2D eigenvalue weighted by Crippen LogP contribution is -2.04. The average Bonchev–Trinajstić information content (AvgIpc) is 2.84. The molecule has 5 heteroatoms. The van der Waals surface area contributed by atoms with E-state index in [1.54, 1.807) is 30.3 Å². The molecule has 0 aliphatic rings. The summed E-state index contributed by atoms with van der Waals surface area (Å²) in [6.45, 7) is 5.70. The van der Waals surface area contributed by atoms with Gasteiger partial charge in [0.15, 0.2) is 11.5 Å². The van der Waals surface area contributed by atoms with Crippen LogP contribution in [0.1, 0.15) is 37.8 Å². The molecule has 3 aromatic rings. The molecule has 0 saturated carbocycles. The molecule has 0 aromatic heterocycles. The van der Waals surface area contributed by atoms with Crippen molar-refractivity contribution in [2.75, 3.05) is 13.2 Å². The second-order valence-electron chi connectivity index (χ2n) is 7.34. The van der Waals surface area contributed by atoms with Gasteiger partial charge in [0.2, 0.25) is 0 Å². The molecule has 0 fully saturated rings. The lowest BCUT2D eigenvalue weighted by atomic mass is 10.2. The molecule has 3 aromatic carbocycles. The number of unbranched alkanes of at least 4 members (excludes halogenated alkanes) is 1.